The van der Waals surface area contributed by atoms with Gasteiger partial charge in [-0.15, -0.1) is 0 Å². The van der Waals surface area contributed by atoms with E-state index in [1.807, 2.05) is 43.3 Å². The van der Waals surface area contributed by atoms with Crippen LogP contribution < -0.4 is 9.80 Å². The second-order valence-corrected chi connectivity index (χ2v) is 6.29. The third-order valence-corrected chi connectivity index (χ3v) is 4.10. The Morgan fingerprint density at radius 3 is 2.54 bits per heavy atom. The molecule has 1 saturated heterocycles. The van der Waals surface area contributed by atoms with E-state index in [1.54, 1.807) is 30.3 Å². The summed E-state index contributed by atoms with van der Waals surface area (Å²) in [6.45, 7) is 0. The summed E-state index contributed by atoms with van der Waals surface area (Å²) < 4.78 is 0. The van der Waals surface area contributed by atoms with Gasteiger partial charge in [-0.1, -0.05) is 29.8 Å². The molecule has 0 atom stereocenters. The standard InChI is InChI=1S/C19H17ClN2O2/c1-21(2)16-7-3-5-13(10-16)9-14-11-18(23)22(19(14)24)17-8-4-6-15(20)12-17/h3-10,12H,11H2,1-2H3/b14-9+. The molecule has 2 amide bonds. The van der Waals surface area contributed by atoms with Gasteiger partial charge in [0.1, 0.15) is 0 Å². The van der Waals surface area contributed by atoms with Gasteiger partial charge in [-0.2, -0.15) is 0 Å². The van der Waals surface area contributed by atoms with E-state index in [4.69, 9.17) is 11.6 Å². The normalized spacial score (nSPS) is 16.1. The van der Waals surface area contributed by atoms with Gasteiger partial charge in [-0.05, 0) is 42.0 Å². The fraction of sp³-hybridized carbons (Fsp3) is 0.158. The Morgan fingerprint density at radius 1 is 1.08 bits per heavy atom. The number of carbonyl (C=O) groups is 2. The van der Waals surface area contributed by atoms with Crippen LogP contribution in [-0.2, 0) is 9.59 Å². The summed E-state index contributed by atoms with van der Waals surface area (Å²) in [5.41, 5.74) is 2.91. The largest absolute Gasteiger partial charge is 0.378 e. The molecule has 24 heavy (non-hydrogen) atoms. The predicted octanol–water partition coefficient (Wildman–Crippen LogP) is 3.75. The van der Waals surface area contributed by atoms with Crippen molar-refractivity contribution >= 4 is 40.9 Å². The zero-order valence-corrected chi connectivity index (χ0v) is 14.2. The Balaban J connectivity index is 1.92. The average Bonchev–Trinajstić information content (AvgIpc) is 2.81. The number of halogens is 1. The quantitative estimate of drug-likeness (QED) is 0.631. The topological polar surface area (TPSA) is 40.6 Å². The van der Waals surface area contributed by atoms with Gasteiger partial charge < -0.3 is 4.90 Å². The first-order valence-corrected chi connectivity index (χ1v) is 7.94. The molecule has 0 unspecified atom stereocenters. The van der Waals surface area contributed by atoms with Gasteiger partial charge in [0, 0.05) is 30.4 Å². The smallest absolute Gasteiger partial charge is 0.261 e. The van der Waals surface area contributed by atoms with Gasteiger partial charge in [0.25, 0.3) is 5.91 Å². The maximum atomic E-state index is 12.6. The molecular formula is C19H17ClN2O2. The number of carbonyl (C=O) groups excluding carboxylic acids is 2. The van der Waals surface area contributed by atoms with Crippen LogP contribution in [0.2, 0.25) is 5.02 Å². The fourth-order valence-electron chi connectivity index (χ4n) is 2.66. The van der Waals surface area contributed by atoms with Crippen molar-refractivity contribution in [1.82, 2.24) is 0 Å². The van der Waals surface area contributed by atoms with Crippen LogP contribution >= 0.6 is 11.6 Å². The van der Waals surface area contributed by atoms with Gasteiger partial charge in [-0.25, -0.2) is 4.90 Å². The molecule has 2 aromatic rings. The van der Waals surface area contributed by atoms with Gasteiger partial charge in [-0.3, -0.25) is 9.59 Å². The van der Waals surface area contributed by atoms with Crippen molar-refractivity contribution in [3.05, 3.63) is 64.7 Å². The second-order valence-electron chi connectivity index (χ2n) is 5.85. The van der Waals surface area contributed by atoms with E-state index in [0.29, 0.717) is 16.3 Å². The highest BCUT2D eigenvalue weighted by Gasteiger charge is 2.34. The molecule has 122 valence electrons. The SMILES string of the molecule is CN(C)c1cccc(/C=C2\CC(=O)N(c3cccc(Cl)c3)C2=O)c1. The van der Waals surface area contributed by atoms with Crippen LogP contribution in [0, 0.1) is 0 Å². The molecule has 1 heterocycles. The highest BCUT2D eigenvalue weighted by Crippen LogP contribution is 2.29. The maximum absolute atomic E-state index is 12.6. The van der Waals surface area contributed by atoms with E-state index < -0.39 is 0 Å². The van der Waals surface area contributed by atoms with Crippen molar-refractivity contribution in [2.45, 2.75) is 6.42 Å². The van der Waals surface area contributed by atoms with E-state index in [1.165, 1.54) is 4.90 Å². The third kappa shape index (κ3) is 3.19. The molecule has 0 saturated carbocycles. The molecular weight excluding hydrogens is 324 g/mol. The lowest BCUT2D eigenvalue weighted by atomic mass is 10.1. The number of rotatable bonds is 3. The molecule has 4 nitrogen and oxygen atoms in total. The molecule has 1 fully saturated rings. The van der Waals surface area contributed by atoms with Gasteiger partial charge in [0.05, 0.1) is 12.1 Å². The van der Waals surface area contributed by atoms with Crippen LogP contribution in [0.3, 0.4) is 0 Å². The number of amides is 2. The monoisotopic (exact) mass is 340 g/mol. The number of hydrogen-bond donors (Lipinski definition) is 0. The summed E-state index contributed by atoms with van der Waals surface area (Å²) in [4.78, 5) is 28.1. The first kappa shape index (κ1) is 16.3. The van der Waals surface area contributed by atoms with Crippen LogP contribution in [0.5, 0.6) is 0 Å². The number of nitrogens with zero attached hydrogens (tertiary/aromatic N) is 2. The van der Waals surface area contributed by atoms with Gasteiger partial charge in [0.2, 0.25) is 5.91 Å². The Morgan fingerprint density at radius 2 is 1.83 bits per heavy atom. The van der Waals surface area contributed by atoms with Crippen molar-refractivity contribution in [1.29, 1.82) is 0 Å². The summed E-state index contributed by atoms with van der Waals surface area (Å²) >= 11 is 5.96. The third-order valence-electron chi connectivity index (χ3n) is 3.86. The molecule has 0 aromatic heterocycles. The van der Waals surface area contributed by atoms with Crippen LogP contribution in [0.1, 0.15) is 12.0 Å². The van der Waals surface area contributed by atoms with E-state index in [2.05, 4.69) is 0 Å². The number of imide groups is 1. The lowest BCUT2D eigenvalue weighted by Crippen LogP contribution is -2.28. The van der Waals surface area contributed by atoms with Gasteiger partial charge in [0.15, 0.2) is 0 Å². The Bertz CT molecular complexity index is 843. The minimum absolute atomic E-state index is 0.0948. The summed E-state index contributed by atoms with van der Waals surface area (Å²) in [5, 5.41) is 0.490. The van der Waals surface area contributed by atoms with E-state index in [-0.39, 0.29) is 18.2 Å². The molecule has 5 heteroatoms. The van der Waals surface area contributed by atoms with E-state index in [9.17, 15) is 9.59 Å². The van der Waals surface area contributed by atoms with E-state index >= 15 is 0 Å². The highest BCUT2D eigenvalue weighted by molar-refractivity contribution is 6.32. The van der Waals surface area contributed by atoms with Crippen molar-refractivity contribution < 1.29 is 9.59 Å². The predicted molar refractivity (Wildman–Crippen MR) is 97.3 cm³/mol. The summed E-state index contributed by atoms with van der Waals surface area (Å²) in [5.74, 6) is -0.533. The molecule has 0 N–H and O–H groups in total. The van der Waals surface area contributed by atoms with E-state index in [0.717, 1.165) is 11.3 Å². The summed E-state index contributed by atoms with van der Waals surface area (Å²) in [6.07, 6.45) is 1.87. The number of hydrogen-bond acceptors (Lipinski definition) is 3. The first-order chi connectivity index (χ1) is 11.5. The first-order valence-electron chi connectivity index (χ1n) is 7.56. The van der Waals surface area contributed by atoms with Crippen LogP contribution in [0.4, 0.5) is 11.4 Å². The summed E-state index contributed by atoms with van der Waals surface area (Å²) in [6, 6.07) is 14.6. The van der Waals surface area contributed by atoms with Crippen molar-refractivity contribution in [3.63, 3.8) is 0 Å². The van der Waals surface area contributed by atoms with Crippen LogP contribution in [0.15, 0.2) is 54.1 Å². The Hall–Kier alpha value is -2.59. The lowest BCUT2D eigenvalue weighted by Gasteiger charge is -2.14. The van der Waals surface area contributed by atoms with Crippen LogP contribution in [-0.4, -0.2) is 25.9 Å². The Labute approximate surface area is 145 Å². The second kappa shape index (κ2) is 6.49. The fourth-order valence-corrected chi connectivity index (χ4v) is 2.84. The van der Waals surface area contributed by atoms with Crippen molar-refractivity contribution in [3.8, 4) is 0 Å². The highest BCUT2D eigenvalue weighted by atomic mass is 35.5. The minimum Gasteiger partial charge on any atom is -0.378 e. The average molecular weight is 341 g/mol. The van der Waals surface area contributed by atoms with Crippen LogP contribution in [0.25, 0.3) is 6.08 Å². The minimum atomic E-state index is -0.294. The van der Waals surface area contributed by atoms with Gasteiger partial charge >= 0.3 is 0 Å². The molecule has 0 aliphatic carbocycles. The molecule has 3 rings (SSSR count). The zero-order chi connectivity index (χ0) is 17.3. The molecule has 0 spiro atoms. The molecule has 1 aliphatic heterocycles. The molecule has 2 aromatic carbocycles. The number of benzene rings is 2. The maximum Gasteiger partial charge on any atom is 0.261 e. The Kier molecular flexibility index (Phi) is 4.40. The molecule has 1 aliphatic rings. The number of anilines is 2. The lowest BCUT2D eigenvalue weighted by molar-refractivity contribution is -0.120. The zero-order valence-electron chi connectivity index (χ0n) is 13.5. The van der Waals surface area contributed by atoms with Crippen molar-refractivity contribution in [2.75, 3.05) is 23.9 Å². The molecule has 0 radical (unpaired) electrons. The molecule has 0 bridgehead atoms. The van der Waals surface area contributed by atoms with Crippen molar-refractivity contribution in [2.24, 2.45) is 0 Å². The summed E-state index contributed by atoms with van der Waals surface area (Å²) in [7, 11) is 3.91.